The van der Waals surface area contributed by atoms with E-state index in [1.54, 1.807) is 12.4 Å². The fourth-order valence-electron chi connectivity index (χ4n) is 5.82. The lowest BCUT2D eigenvalue weighted by molar-refractivity contribution is -0.113. The minimum absolute atomic E-state index is 0.0730. The van der Waals surface area contributed by atoms with Gasteiger partial charge in [-0.25, -0.2) is 0 Å². The zero-order chi connectivity index (χ0) is 24.4. The predicted molar refractivity (Wildman–Crippen MR) is 135 cm³/mol. The van der Waals surface area contributed by atoms with Gasteiger partial charge in [0.05, 0.1) is 11.1 Å². The molecule has 2 aliphatic carbocycles. The maximum absolute atomic E-state index is 13.7. The molecule has 0 unspecified atom stereocenters. The van der Waals surface area contributed by atoms with Crippen LogP contribution in [0.25, 0.3) is 6.08 Å². The Hall–Kier alpha value is -3.47. The van der Waals surface area contributed by atoms with Gasteiger partial charge in [-0.1, -0.05) is 47.6 Å². The van der Waals surface area contributed by atoms with Gasteiger partial charge in [-0.2, -0.15) is 0 Å². The molecule has 2 aromatic rings. The number of pyridine rings is 2. The van der Waals surface area contributed by atoms with Crippen LogP contribution in [0.15, 0.2) is 76.2 Å². The Morgan fingerprint density at radius 1 is 0.941 bits per heavy atom. The molecule has 0 saturated carbocycles. The van der Waals surface area contributed by atoms with Crippen LogP contribution >= 0.6 is 0 Å². The van der Waals surface area contributed by atoms with E-state index in [0.29, 0.717) is 24.0 Å². The van der Waals surface area contributed by atoms with Crippen LogP contribution in [0.1, 0.15) is 71.1 Å². The Morgan fingerprint density at radius 2 is 1.59 bits per heavy atom. The summed E-state index contributed by atoms with van der Waals surface area (Å²) in [5.41, 5.74) is 8.47. The van der Waals surface area contributed by atoms with Crippen molar-refractivity contribution < 1.29 is 9.90 Å². The first-order valence-electron chi connectivity index (χ1n) is 12.0. The number of aromatic nitrogens is 2. The average Bonchev–Trinajstić information content (AvgIpc) is 3.25. The molecule has 0 fully saturated rings. The van der Waals surface area contributed by atoms with Crippen molar-refractivity contribution >= 4 is 17.5 Å². The molecule has 2 N–H and O–H groups in total. The largest absolute Gasteiger partial charge is 0.506 e. The second-order valence-electron chi connectivity index (χ2n) is 10.3. The first kappa shape index (κ1) is 22.3. The van der Waals surface area contributed by atoms with Crippen molar-refractivity contribution in [3.63, 3.8) is 0 Å². The van der Waals surface area contributed by atoms with Crippen molar-refractivity contribution in [2.24, 2.45) is 0 Å². The molecule has 34 heavy (non-hydrogen) atoms. The Kier molecular flexibility index (Phi) is 4.94. The topological polar surface area (TPSA) is 75.1 Å². The van der Waals surface area contributed by atoms with E-state index in [2.05, 4.69) is 49.1 Å². The molecular formula is C29H31N3O2. The number of aliphatic hydroxyl groups excluding tert-OH is 1. The summed E-state index contributed by atoms with van der Waals surface area (Å²) in [6.07, 6.45) is 10.8. The van der Waals surface area contributed by atoms with Gasteiger partial charge in [-0.3, -0.25) is 14.8 Å². The molecule has 1 aliphatic heterocycles. The third-order valence-electron chi connectivity index (χ3n) is 7.75. The lowest BCUT2D eigenvalue weighted by Crippen LogP contribution is -2.30. The molecule has 0 bridgehead atoms. The quantitative estimate of drug-likeness (QED) is 0.530. The van der Waals surface area contributed by atoms with Crippen LogP contribution in [0.4, 0.5) is 5.69 Å². The second-order valence-corrected chi connectivity index (χ2v) is 10.3. The van der Waals surface area contributed by atoms with Crippen molar-refractivity contribution in [2.75, 3.05) is 5.32 Å². The molecule has 5 rings (SSSR count). The lowest BCUT2D eigenvalue weighted by Gasteiger charge is -2.32. The number of fused-ring (bicyclic) bond motifs is 2. The van der Waals surface area contributed by atoms with Crippen molar-refractivity contribution in [1.29, 1.82) is 0 Å². The van der Waals surface area contributed by atoms with Crippen molar-refractivity contribution in [3.05, 3.63) is 92.9 Å². The Morgan fingerprint density at radius 3 is 2.18 bits per heavy atom. The molecule has 0 spiro atoms. The van der Waals surface area contributed by atoms with E-state index < -0.39 is 0 Å². The van der Waals surface area contributed by atoms with Crippen LogP contribution < -0.4 is 5.32 Å². The normalized spacial score (nSPS) is 22.5. The number of nitrogens with one attached hydrogen (secondary N) is 1. The van der Waals surface area contributed by atoms with Gasteiger partial charge in [-0.05, 0) is 52.8 Å². The van der Waals surface area contributed by atoms with E-state index in [0.717, 1.165) is 44.8 Å². The predicted octanol–water partition coefficient (Wildman–Crippen LogP) is 6.32. The number of carbonyl (C=O) groups is 1. The average molecular weight is 454 g/mol. The maximum Gasteiger partial charge on any atom is 0.201 e. The van der Waals surface area contributed by atoms with Gasteiger partial charge in [-0.15, -0.1) is 0 Å². The molecule has 0 aromatic carbocycles. The van der Waals surface area contributed by atoms with Gasteiger partial charge in [0.25, 0.3) is 0 Å². The van der Waals surface area contributed by atoms with Crippen molar-refractivity contribution in [2.45, 2.75) is 65.2 Å². The second kappa shape index (κ2) is 7.52. The zero-order valence-electron chi connectivity index (χ0n) is 20.7. The Balaban J connectivity index is 1.64. The van der Waals surface area contributed by atoms with Crippen molar-refractivity contribution in [1.82, 2.24) is 9.97 Å². The molecule has 2 aromatic heterocycles. The van der Waals surface area contributed by atoms with E-state index in [-0.39, 0.29) is 22.4 Å². The SMILES string of the molecule is CC/C(C1=Cc2ccncc2C1(C)C)=C1/C(=O)C(C(/CC)=C2/Nc3ccncc3C2(C)C)=C1O. The molecular weight excluding hydrogens is 422 g/mol. The van der Waals surface area contributed by atoms with Crippen LogP contribution in [0.2, 0.25) is 0 Å². The first-order valence-corrected chi connectivity index (χ1v) is 12.0. The highest BCUT2D eigenvalue weighted by atomic mass is 16.3. The Bertz CT molecular complexity index is 1370. The number of anilines is 1. The van der Waals surface area contributed by atoms with Crippen LogP contribution in [0.5, 0.6) is 0 Å². The third-order valence-corrected chi connectivity index (χ3v) is 7.75. The van der Waals surface area contributed by atoms with Crippen LogP contribution in [0, 0.1) is 0 Å². The third kappa shape index (κ3) is 2.89. The van der Waals surface area contributed by atoms with E-state index in [1.165, 1.54) is 0 Å². The summed E-state index contributed by atoms with van der Waals surface area (Å²) in [6, 6.07) is 3.96. The number of allylic oxidation sites excluding steroid dienone is 6. The van der Waals surface area contributed by atoms with Crippen LogP contribution in [-0.4, -0.2) is 20.9 Å². The summed E-state index contributed by atoms with van der Waals surface area (Å²) in [6.45, 7) is 12.6. The minimum Gasteiger partial charge on any atom is -0.506 e. The molecule has 0 saturated heterocycles. The first-order chi connectivity index (χ1) is 16.1. The van der Waals surface area contributed by atoms with Gasteiger partial charge < -0.3 is 10.4 Å². The van der Waals surface area contributed by atoms with Gasteiger partial charge in [0, 0.05) is 52.6 Å². The minimum atomic E-state index is -0.333. The number of Topliss-reactive ketones (excluding diaryl/α,β-unsaturated/α-hetero) is 1. The summed E-state index contributed by atoms with van der Waals surface area (Å²) >= 11 is 0. The molecule has 5 heteroatoms. The highest BCUT2D eigenvalue weighted by molar-refractivity contribution is 6.23. The number of ketones is 1. The van der Waals surface area contributed by atoms with E-state index in [9.17, 15) is 9.90 Å². The summed E-state index contributed by atoms with van der Waals surface area (Å²) in [5, 5.41) is 14.8. The highest BCUT2D eigenvalue weighted by Gasteiger charge is 2.45. The fourth-order valence-corrected chi connectivity index (χ4v) is 5.82. The standard InChI is InChI=1S/C29H31N3O2/c1-7-17(19-13-16-9-11-30-14-20(16)28(19,3)4)23-25(33)24(26(23)34)18(8-2)27-29(5,6)21-15-31-12-10-22(21)32-27/h9-15,32-33H,7-8H2,1-6H3/b23-17-,27-18+. The Labute approximate surface area is 201 Å². The molecule has 174 valence electrons. The van der Waals surface area contributed by atoms with E-state index >= 15 is 0 Å². The summed E-state index contributed by atoms with van der Waals surface area (Å²) in [5.74, 6) is 0.0415. The van der Waals surface area contributed by atoms with Crippen molar-refractivity contribution in [3.8, 4) is 0 Å². The van der Waals surface area contributed by atoms with E-state index in [4.69, 9.17) is 0 Å². The molecule has 0 radical (unpaired) electrons. The number of nitrogens with zero attached hydrogens (tertiary/aromatic N) is 2. The van der Waals surface area contributed by atoms with E-state index in [1.807, 2.05) is 38.4 Å². The van der Waals surface area contributed by atoms with Gasteiger partial charge in [0.15, 0.2) is 0 Å². The lowest BCUT2D eigenvalue weighted by atomic mass is 9.71. The molecule has 3 aliphatic rings. The number of aliphatic hydroxyl groups is 1. The van der Waals surface area contributed by atoms with Gasteiger partial charge >= 0.3 is 0 Å². The number of carbonyl (C=O) groups excluding carboxylic acids is 1. The van der Waals surface area contributed by atoms with Gasteiger partial charge in [0.2, 0.25) is 5.78 Å². The van der Waals surface area contributed by atoms with Gasteiger partial charge in [0.1, 0.15) is 5.76 Å². The van der Waals surface area contributed by atoms with Crippen LogP contribution in [0.3, 0.4) is 0 Å². The maximum atomic E-state index is 13.7. The number of hydrogen-bond acceptors (Lipinski definition) is 5. The zero-order valence-corrected chi connectivity index (χ0v) is 20.7. The number of rotatable bonds is 4. The molecule has 5 nitrogen and oxygen atoms in total. The molecule has 0 atom stereocenters. The summed E-state index contributed by atoms with van der Waals surface area (Å²) in [4.78, 5) is 22.3. The summed E-state index contributed by atoms with van der Waals surface area (Å²) < 4.78 is 0. The molecule has 3 heterocycles. The summed E-state index contributed by atoms with van der Waals surface area (Å²) in [7, 11) is 0. The highest BCUT2D eigenvalue weighted by Crippen LogP contribution is 2.51. The smallest absolute Gasteiger partial charge is 0.201 e. The number of hydrogen-bond donors (Lipinski definition) is 2. The molecule has 0 amide bonds. The van der Waals surface area contributed by atoms with Crippen LogP contribution in [-0.2, 0) is 15.6 Å². The fraction of sp³-hybridized carbons (Fsp3) is 0.345. The monoisotopic (exact) mass is 453 g/mol.